The molecule has 63 heavy (non-hydrogen) atoms. The van der Waals surface area contributed by atoms with Crippen molar-refractivity contribution in [1.29, 1.82) is 0 Å². The normalized spacial score (nSPS) is 15.2. The van der Waals surface area contributed by atoms with E-state index in [-0.39, 0.29) is 48.7 Å². The zero-order valence-corrected chi connectivity index (χ0v) is 35.2. The van der Waals surface area contributed by atoms with Crippen LogP contribution in [0, 0.1) is 11.8 Å². The van der Waals surface area contributed by atoms with Gasteiger partial charge in [-0.05, 0) is 48.7 Å². The number of thiazole rings is 1. The number of fused-ring (bicyclic) bond motifs is 1. The number of carbonyl (C=O) groups excluding carboxylic acids is 7. The van der Waals surface area contributed by atoms with Crippen molar-refractivity contribution in [2.45, 2.75) is 44.4 Å². The molecule has 4 heterocycles. The molecule has 5 aromatic rings. The van der Waals surface area contributed by atoms with Gasteiger partial charge in [0, 0.05) is 53.9 Å². The summed E-state index contributed by atoms with van der Waals surface area (Å²) in [5, 5.41) is 12.4. The minimum atomic E-state index is -3.64. The highest BCUT2D eigenvalue weighted by atomic mass is 32.2. The number of benzene rings is 3. The van der Waals surface area contributed by atoms with Gasteiger partial charge in [-0.3, -0.25) is 47.8 Å². The van der Waals surface area contributed by atoms with Crippen LogP contribution in [0.1, 0.15) is 78.2 Å². The van der Waals surface area contributed by atoms with Gasteiger partial charge in [0.05, 0.1) is 41.9 Å². The van der Waals surface area contributed by atoms with E-state index in [1.54, 1.807) is 41.8 Å². The van der Waals surface area contributed by atoms with Crippen molar-refractivity contribution in [3.8, 4) is 23.1 Å². The molecule has 0 radical (unpaired) electrons. The van der Waals surface area contributed by atoms with Gasteiger partial charge in [0.25, 0.3) is 29.5 Å². The number of carbonyl (C=O) groups is 7. The molecule has 0 bridgehead atoms. The number of nitrogens with one attached hydrogen (secondary N) is 4. The lowest BCUT2D eigenvalue weighted by Crippen LogP contribution is -2.54. The molecular weight excluding hydrogens is 851 g/mol. The molecule has 1 fully saturated rings. The minimum absolute atomic E-state index is 0.0176. The number of imide groups is 2. The number of nitrogens with zero attached hydrogens (tertiary/aromatic N) is 3. The Balaban J connectivity index is 0.898. The number of aromatic nitrogens is 2. The van der Waals surface area contributed by atoms with Gasteiger partial charge in [0.1, 0.15) is 12.1 Å². The molecule has 2 aliphatic heterocycles. The number of rotatable bonds is 15. The van der Waals surface area contributed by atoms with E-state index in [9.17, 15) is 42.0 Å². The maximum atomic E-state index is 13.5. The molecule has 0 spiro atoms. The lowest BCUT2D eigenvalue weighted by atomic mass is 10.0. The Morgan fingerprint density at radius 1 is 0.952 bits per heavy atom. The Labute approximate surface area is 365 Å². The van der Waals surface area contributed by atoms with E-state index in [4.69, 9.17) is 4.74 Å². The van der Waals surface area contributed by atoms with Gasteiger partial charge < -0.3 is 20.7 Å². The molecule has 1 unspecified atom stereocenters. The second-order valence-electron chi connectivity index (χ2n) is 14.5. The Morgan fingerprint density at radius 2 is 1.73 bits per heavy atom. The fraction of sp³-hybridized carbons (Fsp3) is 0.227. The summed E-state index contributed by atoms with van der Waals surface area (Å²) >= 11 is 1.21. The van der Waals surface area contributed by atoms with Crippen LogP contribution in [-0.4, -0.2) is 95.1 Å². The minimum Gasteiger partial charge on any atom is -0.374 e. The van der Waals surface area contributed by atoms with E-state index < -0.39 is 57.6 Å². The highest BCUT2D eigenvalue weighted by Crippen LogP contribution is 2.30. The number of anilines is 1. The molecule has 3 aromatic carbocycles. The maximum Gasteiger partial charge on any atom is 0.263 e. The predicted molar refractivity (Wildman–Crippen MR) is 230 cm³/mol. The Morgan fingerprint density at radius 3 is 2.46 bits per heavy atom. The summed E-state index contributed by atoms with van der Waals surface area (Å²) in [5.74, 6) is 1.90. The number of unbranched alkanes of at least 4 members (excludes halogenated alkanes) is 1. The fourth-order valence-corrected chi connectivity index (χ4v) is 8.02. The van der Waals surface area contributed by atoms with Crippen LogP contribution >= 0.6 is 11.3 Å². The first-order chi connectivity index (χ1) is 30.3. The van der Waals surface area contributed by atoms with Crippen LogP contribution in [-0.2, 0) is 35.8 Å². The van der Waals surface area contributed by atoms with Crippen molar-refractivity contribution in [1.82, 2.24) is 29.8 Å². The summed E-state index contributed by atoms with van der Waals surface area (Å²) in [5.41, 5.74) is 3.20. The van der Waals surface area contributed by atoms with Crippen molar-refractivity contribution in [2.24, 2.45) is 0 Å². The van der Waals surface area contributed by atoms with Crippen molar-refractivity contribution in [2.75, 3.05) is 24.7 Å². The molecule has 322 valence electrons. The summed E-state index contributed by atoms with van der Waals surface area (Å²) in [6, 6.07) is 19.8. The molecule has 7 amide bonds. The molecule has 2 atom stereocenters. The van der Waals surface area contributed by atoms with Crippen molar-refractivity contribution in [3.63, 3.8) is 0 Å². The van der Waals surface area contributed by atoms with E-state index in [2.05, 4.69) is 38.1 Å². The van der Waals surface area contributed by atoms with Gasteiger partial charge in [-0.15, -0.1) is 11.3 Å². The average Bonchev–Trinajstić information content (AvgIpc) is 4.02. The SMILES string of the molecule is CS(=O)(=O)n1ccc(C(=O)N[C@@H](COCc2ccc(C(=O)NCCCC#Cc3cccc4c3C(=O)N(C3CCC(=O)NC3=O)C4=O)cc2)C(=O)Nc2nc(-c3ccccc3)cs2)c1. The number of ether oxygens (including phenoxy) is 1. The van der Waals surface area contributed by atoms with E-state index in [0.29, 0.717) is 46.9 Å². The van der Waals surface area contributed by atoms with Crippen LogP contribution in [0.25, 0.3) is 11.3 Å². The van der Waals surface area contributed by atoms with Gasteiger partial charge in [-0.25, -0.2) is 13.4 Å². The summed E-state index contributed by atoms with van der Waals surface area (Å²) in [6.45, 7) is 0.0719. The third-order valence-electron chi connectivity index (χ3n) is 9.96. The van der Waals surface area contributed by atoms with E-state index in [1.165, 1.54) is 29.7 Å². The van der Waals surface area contributed by atoms with Gasteiger partial charge >= 0.3 is 0 Å². The first-order valence-corrected chi connectivity index (χ1v) is 22.3. The molecular formula is C44H39N7O10S2. The Kier molecular flexibility index (Phi) is 13.3. The fourth-order valence-electron chi connectivity index (χ4n) is 6.71. The zero-order chi connectivity index (χ0) is 44.7. The average molecular weight is 890 g/mol. The molecule has 0 saturated carbocycles. The van der Waals surface area contributed by atoms with Crippen molar-refractivity contribution in [3.05, 3.63) is 130 Å². The molecule has 2 aromatic heterocycles. The van der Waals surface area contributed by atoms with E-state index >= 15 is 0 Å². The largest absolute Gasteiger partial charge is 0.374 e. The second kappa shape index (κ2) is 19.2. The van der Waals surface area contributed by atoms with Gasteiger partial charge in [0.2, 0.25) is 21.8 Å². The van der Waals surface area contributed by atoms with Crippen LogP contribution in [0.4, 0.5) is 5.13 Å². The smallest absolute Gasteiger partial charge is 0.263 e. The Hall–Kier alpha value is -7.27. The van der Waals surface area contributed by atoms with Crippen molar-refractivity contribution < 1.29 is 46.7 Å². The monoisotopic (exact) mass is 889 g/mol. The number of amides is 7. The third-order valence-corrected chi connectivity index (χ3v) is 11.7. The van der Waals surface area contributed by atoms with Crippen LogP contribution < -0.4 is 21.3 Å². The van der Waals surface area contributed by atoms with Crippen LogP contribution in [0.5, 0.6) is 0 Å². The maximum absolute atomic E-state index is 13.5. The molecule has 4 N–H and O–H groups in total. The molecule has 7 rings (SSSR count). The topological polar surface area (TPSA) is 232 Å². The standard InChI is InChI=1S/C44H39N7O10S2/c1-63(59,60)50-22-20-31(23-50)39(54)46-33(40(55)49-44-47-34(26-62-44)28-9-4-2-5-10-28)25-61-24-27-14-16-30(17-15-27)38(53)45-21-7-3-6-11-29-12-8-13-32-37(29)43(58)51(42(32)57)35-18-19-36(52)48-41(35)56/h2,4-5,8-10,12-17,20,22-23,26,33,35H,3,7,18-19,21,24-25H2,1H3,(H,45,53)(H,46,54)(H,47,49,55)(H,48,52,56)/t33-,35?/m0/s1. The lowest BCUT2D eigenvalue weighted by molar-refractivity contribution is -0.136. The van der Waals surface area contributed by atoms with Gasteiger partial charge in [0.15, 0.2) is 5.13 Å². The van der Waals surface area contributed by atoms with Gasteiger partial charge in [-0.1, -0.05) is 60.4 Å². The summed E-state index contributed by atoms with van der Waals surface area (Å²) in [6.07, 6.45) is 4.29. The molecule has 17 nitrogen and oxygen atoms in total. The zero-order valence-electron chi connectivity index (χ0n) is 33.6. The Bertz CT molecular complexity index is 2790. The predicted octanol–water partition coefficient (Wildman–Crippen LogP) is 3.34. The summed E-state index contributed by atoms with van der Waals surface area (Å²) in [7, 11) is -3.64. The van der Waals surface area contributed by atoms with Crippen LogP contribution in [0.2, 0.25) is 0 Å². The number of hydrogen-bond donors (Lipinski definition) is 4. The molecule has 2 aliphatic rings. The highest BCUT2D eigenvalue weighted by molar-refractivity contribution is 7.89. The molecule has 19 heteroatoms. The van der Waals surface area contributed by atoms with E-state index in [1.807, 2.05) is 30.3 Å². The third kappa shape index (κ3) is 10.4. The lowest BCUT2D eigenvalue weighted by Gasteiger charge is -2.27. The van der Waals surface area contributed by atoms with Gasteiger partial charge in [-0.2, -0.15) is 0 Å². The molecule has 0 aliphatic carbocycles. The number of piperidine rings is 1. The summed E-state index contributed by atoms with van der Waals surface area (Å²) in [4.78, 5) is 95.2. The van der Waals surface area contributed by atoms with E-state index in [0.717, 1.165) is 26.9 Å². The summed E-state index contributed by atoms with van der Waals surface area (Å²) < 4.78 is 30.6. The second-order valence-corrected chi connectivity index (χ2v) is 17.2. The van der Waals surface area contributed by atoms with Crippen LogP contribution in [0.15, 0.2) is 96.6 Å². The first-order valence-electron chi connectivity index (χ1n) is 19.6. The van der Waals surface area contributed by atoms with Crippen molar-refractivity contribution >= 4 is 67.8 Å². The number of hydrogen-bond acceptors (Lipinski definition) is 12. The van der Waals surface area contributed by atoms with Crippen LogP contribution in [0.3, 0.4) is 0 Å². The first kappa shape index (κ1) is 43.8. The molecule has 1 saturated heterocycles. The highest BCUT2D eigenvalue weighted by Gasteiger charge is 2.45. The quantitative estimate of drug-likeness (QED) is 0.0677.